The summed E-state index contributed by atoms with van der Waals surface area (Å²) in [6.07, 6.45) is 0. The van der Waals surface area contributed by atoms with Crippen molar-refractivity contribution < 1.29 is 13.9 Å². The molecule has 0 radical (unpaired) electrons. The SMILES string of the molecule is NCCOCCNC(=O)Nc1ccc(F)cc1. The van der Waals surface area contributed by atoms with Crippen molar-refractivity contribution in [3.05, 3.63) is 30.1 Å². The Hall–Kier alpha value is -1.66. The molecule has 0 saturated heterocycles. The highest BCUT2D eigenvalue weighted by Gasteiger charge is 2.00. The number of nitrogens with two attached hydrogens (primary N) is 1. The van der Waals surface area contributed by atoms with Crippen molar-refractivity contribution in [1.29, 1.82) is 0 Å². The van der Waals surface area contributed by atoms with E-state index in [0.717, 1.165) is 0 Å². The van der Waals surface area contributed by atoms with Crippen LogP contribution in [0.3, 0.4) is 0 Å². The van der Waals surface area contributed by atoms with Gasteiger partial charge in [0.1, 0.15) is 5.82 Å². The van der Waals surface area contributed by atoms with E-state index < -0.39 is 0 Å². The van der Waals surface area contributed by atoms with Crippen molar-refractivity contribution in [3.63, 3.8) is 0 Å². The molecule has 0 aliphatic carbocycles. The van der Waals surface area contributed by atoms with Gasteiger partial charge in [0.25, 0.3) is 0 Å². The summed E-state index contributed by atoms with van der Waals surface area (Å²) in [5.41, 5.74) is 5.76. The van der Waals surface area contributed by atoms with E-state index >= 15 is 0 Å². The lowest BCUT2D eigenvalue weighted by Crippen LogP contribution is -2.31. The number of rotatable bonds is 6. The zero-order chi connectivity index (χ0) is 12.5. The molecular formula is C11H16FN3O2. The Kier molecular flexibility index (Phi) is 5.98. The second kappa shape index (κ2) is 7.59. The first-order valence-electron chi connectivity index (χ1n) is 5.30. The molecule has 0 heterocycles. The summed E-state index contributed by atoms with van der Waals surface area (Å²) in [7, 11) is 0. The van der Waals surface area contributed by atoms with Gasteiger partial charge in [-0.25, -0.2) is 9.18 Å². The third kappa shape index (κ3) is 5.84. The molecule has 0 atom stereocenters. The number of ether oxygens (including phenoxy) is 1. The Balaban J connectivity index is 2.18. The molecule has 0 saturated carbocycles. The van der Waals surface area contributed by atoms with Gasteiger partial charge >= 0.3 is 6.03 Å². The van der Waals surface area contributed by atoms with E-state index in [1.807, 2.05) is 0 Å². The quantitative estimate of drug-likeness (QED) is 0.648. The Morgan fingerprint density at radius 2 is 2.00 bits per heavy atom. The largest absolute Gasteiger partial charge is 0.378 e. The lowest BCUT2D eigenvalue weighted by atomic mass is 10.3. The number of anilines is 1. The van der Waals surface area contributed by atoms with Gasteiger partial charge in [-0.15, -0.1) is 0 Å². The molecule has 0 unspecified atom stereocenters. The Bertz CT molecular complexity index is 343. The van der Waals surface area contributed by atoms with Crippen LogP contribution in [0.4, 0.5) is 14.9 Å². The molecule has 6 heteroatoms. The minimum absolute atomic E-state index is 0.342. The van der Waals surface area contributed by atoms with E-state index in [2.05, 4.69) is 10.6 Å². The molecule has 1 aromatic carbocycles. The summed E-state index contributed by atoms with van der Waals surface area (Å²) in [4.78, 5) is 11.3. The fraction of sp³-hybridized carbons (Fsp3) is 0.364. The number of halogens is 1. The molecule has 1 aromatic rings. The van der Waals surface area contributed by atoms with Crippen LogP contribution < -0.4 is 16.4 Å². The first-order chi connectivity index (χ1) is 8.22. The average Bonchev–Trinajstić information content (AvgIpc) is 2.32. The van der Waals surface area contributed by atoms with Crippen LogP contribution in [-0.2, 0) is 4.74 Å². The van der Waals surface area contributed by atoms with E-state index in [1.165, 1.54) is 24.3 Å². The highest BCUT2D eigenvalue weighted by Crippen LogP contribution is 2.07. The minimum atomic E-state index is -0.354. The van der Waals surface area contributed by atoms with Crippen LogP contribution in [-0.4, -0.2) is 32.3 Å². The van der Waals surface area contributed by atoms with Crippen molar-refractivity contribution in [2.75, 3.05) is 31.6 Å². The molecule has 2 amide bonds. The lowest BCUT2D eigenvalue weighted by molar-refractivity contribution is 0.144. The van der Waals surface area contributed by atoms with Crippen molar-refractivity contribution >= 4 is 11.7 Å². The number of hydrogen-bond acceptors (Lipinski definition) is 3. The molecule has 0 aliphatic rings. The van der Waals surface area contributed by atoms with Crippen molar-refractivity contribution in [1.82, 2.24) is 5.32 Å². The number of benzene rings is 1. The van der Waals surface area contributed by atoms with Crippen LogP contribution in [0.15, 0.2) is 24.3 Å². The average molecular weight is 241 g/mol. The van der Waals surface area contributed by atoms with Gasteiger partial charge in [-0.3, -0.25) is 0 Å². The van der Waals surface area contributed by atoms with Crippen LogP contribution in [0.25, 0.3) is 0 Å². The fourth-order valence-electron chi connectivity index (χ4n) is 1.13. The fourth-order valence-corrected chi connectivity index (χ4v) is 1.13. The van der Waals surface area contributed by atoms with Crippen LogP contribution in [0, 0.1) is 5.82 Å². The predicted octanol–water partition coefficient (Wildman–Crippen LogP) is 0.922. The molecule has 0 spiro atoms. The number of amides is 2. The van der Waals surface area contributed by atoms with Crippen molar-refractivity contribution in [2.45, 2.75) is 0 Å². The number of urea groups is 1. The molecule has 0 bridgehead atoms. The Labute approximate surface area is 99.1 Å². The van der Waals surface area contributed by atoms with E-state index in [0.29, 0.717) is 32.0 Å². The van der Waals surface area contributed by atoms with Crippen LogP contribution in [0.2, 0.25) is 0 Å². The summed E-state index contributed by atoms with van der Waals surface area (Å²) < 4.78 is 17.7. The van der Waals surface area contributed by atoms with E-state index in [9.17, 15) is 9.18 Å². The predicted molar refractivity (Wildman–Crippen MR) is 63.3 cm³/mol. The third-order valence-corrected chi connectivity index (χ3v) is 1.90. The molecule has 0 fully saturated rings. The number of carbonyl (C=O) groups is 1. The van der Waals surface area contributed by atoms with Gasteiger partial charge in [-0.2, -0.15) is 0 Å². The summed E-state index contributed by atoms with van der Waals surface area (Å²) in [5.74, 6) is -0.342. The van der Waals surface area contributed by atoms with Gasteiger partial charge in [0.15, 0.2) is 0 Å². The van der Waals surface area contributed by atoms with Crippen LogP contribution in [0.5, 0.6) is 0 Å². The second-order valence-corrected chi connectivity index (χ2v) is 3.29. The maximum absolute atomic E-state index is 12.6. The molecule has 0 aromatic heterocycles. The molecule has 17 heavy (non-hydrogen) atoms. The first kappa shape index (κ1) is 13.4. The van der Waals surface area contributed by atoms with Gasteiger partial charge in [0, 0.05) is 18.8 Å². The lowest BCUT2D eigenvalue weighted by Gasteiger charge is -2.07. The number of carbonyl (C=O) groups excluding carboxylic acids is 1. The van der Waals surface area contributed by atoms with Crippen molar-refractivity contribution in [2.24, 2.45) is 5.73 Å². The maximum atomic E-state index is 12.6. The maximum Gasteiger partial charge on any atom is 0.319 e. The Morgan fingerprint density at radius 3 is 2.65 bits per heavy atom. The second-order valence-electron chi connectivity index (χ2n) is 3.29. The number of hydrogen-bond donors (Lipinski definition) is 3. The standard InChI is InChI=1S/C11H16FN3O2/c12-9-1-3-10(4-2-9)15-11(16)14-6-8-17-7-5-13/h1-4H,5-8,13H2,(H2,14,15,16). The summed E-state index contributed by atoms with van der Waals surface area (Å²) in [5, 5.41) is 5.16. The van der Waals surface area contributed by atoms with Crippen molar-refractivity contribution in [3.8, 4) is 0 Å². The first-order valence-corrected chi connectivity index (χ1v) is 5.30. The highest BCUT2D eigenvalue weighted by molar-refractivity contribution is 5.89. The summed E-state index contributed by atoms with van der Waals surface area (Å²) >= 11 is 0. The van der Waals surface area contributed by atoms with Gasteiger partial charge in [0.2, 0.25) is 0 Å². The van der Waals surface area contributed by atoms with Gasteiger partial charge in [-0.05, 0) is 24.3 Å². The third-order valence-electron chi connectivity index (χ3n) is 1.90. The molecular weight excluding hydrogens is 225 g/mol. The van der Waals surface area contributed by atoms with Gasteiger partial charge in [0.05, 0.1) is 13.2 Å². The molecule has 0 aliphatic heterocycles. The zero-order valence-electron chi connectivity index (χ0n) is 9.41. The normalized spacial score (nSPS) is 10.0. The summed E-state index contributed by atoms with van der Waals surface area (Å²) in [6.45, 7) is 1.74. The van der Waals surface area contributed by atoms with Gasteiger partial charge in [-0.1, -0.05) is 0 Å². The number of nitrogens with one attached hydrogen (secondary N) is 2. The van der Waals surface area contributed by atoms with E-state index in [-0.39, 0.29) is 11.8 Å². The van der Waals surface area contributed by atoms with Gasteiger partial charge < -0.3 is 21.1 Å². The Morgan fingerprint density at radius 1 is 1.29 bits per heavy atom. The highest BCUT2D eigenvalue weighted by atomic mass is 19.1. The van der Waals surface area contributed by atoms with Crippen LogP contribution >= 0.6 is 0 Å². The molecule has 1 rings (SSSR count). The molecule has 94 valence electrons. The smallest absolute Gasteiger partial charge is 0.319 e. The monoisotopic (exact) mass is 241 g/mol. The van der Waals surface area contributed by atoms with Crippen LogP contribution in [0.1, 0.15) is 0 Å². The van der Waals surface area contributed by atoms with E-state index in [1.54, 1.807) is 0 Å². The minimum Gasteiger partial charge on any atom is -0.378 e. The zero-order valence-corrected chi connectivity index (χ0v) is 9.41. The molecule has 5 nitrogen and oxygen atoms in total. The topological polar surface area (TPSA) is 76.4 Å². The summed E-state index contributed by atoms with van der Waals surface area (Å²) in [6, 6.07) is 5.17. The molecule has 4 N–H and O–H groups in total. The van der Waals surface area contributed by atoms with E-state index in [4.69, 9.17) is 10.5 Å².